The number of nitrogens with one attached hydrogen (secondary N) is 1. The van der Waals surface area contributed by atoms with Gasteiger partial charge in [0.15, 0.2) is 6.29 Å². The van der Waals surface area contributed by atoms with Crippen LogP contribution in [0.5, 0.6) is 0 Å². The van der Waals surface area contributed by atoms with E-state index in [9.17, 15) is 0 Å². The first-order chi connectivity index (χ1) is 4.86. The quantitative estimate of drug-likeness (QED) is 0.522. The molecule has 3 heteroatoms. The van der Waals surface area contributed by atoms with E-state index in [0.29, 0.717) is 12.2 Å². The Morgan fingerprint density at radius 2 is 2.10 bits per heavy atom. The van der Waals surface area contributed by atoms with Crippen LogP contribution in [-0.4, -0.2) is 31.6 Å². The standard InChI is InChI=1S/C7H13NO2/c1-5-9-6-2-3-8-4-7(6)10-5/h5-8H,2-4H2,1H3. The molecule has 0 spiro atoms. The predicted molar refractivity (Wildman–Crippen MR) is 36.7 cm³/mol. The van der Waals surface area contributed by atoms with Crippen LogP contribution in [0.4, 0.5) is 0 Å². The molecule has 2 aliphatic heterocycles. The van der Waals surface area contributed by atoms with Crippen molar-refractivity contribution in [3.05, 3.63) is 0 Å². The topological polar surface area (TPSA) is 30.5 Å². The Morgan fingerprint density at radius 1 is 1.30 bits per heavy atom. The normalized spacial score (nSPS) is 47.1. The Hall–Kier alpha value is -0.120. The zero-order valence-corrected chi connectivity index (χ0v) is 6.17. The van der Waals surface area contributed by atoms with Crippen LogP contribution in [0.25, 0.3) is 0 Å². The summed E-state index contributed by atoms with van der Waals surface area (Å²) in [6.45, 7) is 3.98. The van der Waals surface area contributed by atoms with Gasteiger partial charge in [0.1, 0.15) is 0 Å². The van der Waals surface area contributed by atoms with Crippen LogP contribution < -0.4 is 5.32 Å². The third-order valence-corrected chi connectivity index (χ3v) is 2.10. The summed E-state index contributed by atoms with van der Waals surface area (Å²) in [6.07, 6.45) is 1.77. The van der Waals surface area contributed by atoms with Crippen molar-refractivity contribution < 1.29 is 9.47 Å². The molecule has 1 N–H and O–H groups in total. The van der Waals surface area contributed by atoms with Gasteiger partial charge in [-0.05, 0) is 19.9 Å². The molecule has 58 valence electrons. The average Bonchev–Trinajstić information content (AvgIpc) is 2.27. The minimum atomic E-state index is 0.00917. The summed E-state index contributed by atoms with van der Waals surface area (Å²) in [5, 5.41) is 3.27. The molecular formula is C7H13NO2. The summed E-state index contributed by atoms with van der Waals surface area (Å²) in [6, 6.07) is 0. The first-order valence-electron chi connectivity index (χ1n) is 3.88. The van der Waals surface area contributed by atoms with Crippen molar-refractivity contribution in [2.75, 3.05) is 13.1 Å². The lowest BCUT2D eigenvalue weighted by Crippen LogP contribution is -2.41. The van der Waals surface area contributed by atoms with E-state index in [1.807, 2.05) is 6.92 Å². The zero-order valence-electron chi connectivity index (χ0n) is 6.17. The highest BCUT2D eigenvalue weighted by Gasteiger charge is 2.35. The molecule has 0 aromatic carbocycles. The van der Waals surface area contributed by atoms with Gasteiger partial charge in [0.2, 0.25) is 0 Å². The second kappa shape index (κ2) is 2.49. The van der Waals surface area contributed by atoms with E-state index in [1.54, 1.807) is 0 Å². The van der Waals surface area contributed by atoms with Gasteiger partial charge >= 0.3 is 0 Å². The van der Waals surface area contributed by atoms with Crippen molar-refractivity contribution in [3.8, 4) is 0 Å². The fourth-order valence-corrected chi connectivity index (χ4v) is 1.62. The minimum absolute atomic E-state index is 0.00917. The Balaban J connectivity index is 1.97. The van der Waals surface area contributed by atoms with Gasteiger partial charge in [-0.2, -0.15) is 0 Å². The highest BCUT2D eigenvalue weighted by atomic mass is 16.7. The molecule has 2 heterocycles. The number of fused-ring (bicyclic) bond motifs is 1. The highest BCUT2D eigenvalue weighted by molar-refractivity contribution is 4.83. The largest absolute Gasteiger partial charge is 0.347 e. The number of piperidine rings is 1. The molecule has 10 heavy (non-hydrogen) atoms. The Labute approximate surface area is 60.7 Å². The second-order valence-corrected chi connectivity index (χ2v) is 2.91. The van der Waals surface area contributed by atoms with E-state index in [0.717, 1.165) is 19.5 Å². The van der Waals surface area contributed by atoms with Gasteiger partial charge < -0.3 is 14.8 Å². The lowest BCUT2D eigenvalue weighted by Gasteiger charge is -2.22. The molecule has 0 aromatic heterocycles. The smallest absolute Gasteiger partial charge is 0.155 e. The molecule has 3 atom stereocenters. The van der Waals surface area contributed by atoms with Crippen LogP contribution in [-0.2, 0) is 9.47 Å². The SMILES string of the molecule is CC1OC2CCNCC2O1. The van der Waals surface area contributed by atoms with Gasteiger partial charge in [-0.3, -0.25) is 0 Å². The zero-order chi connectivity index (χ0) is 6.97. The van der Waals surface area contributed by atoms with Gasteiger partial charge in [0.25, 0.3) is 0 Å². The van der Waals surface area contributed by atoms with Crippen molar-refractivity contribution in [1.29, 1.82) is 0 Å². The van der Waals surface area contributed by atoms with Gasteiger partial charge in [0.05, 0.1) is 12.2 Å². The van der Waals surface area contributed by atoms with Gasteiger partial charge in [-0.1, -0.05) is 0 Å². The summed E-state index contributed by atoms with van der Waals surface area (Å²) in [4.78, 5) is 0. The summed E-state index contributed by atoms with van der Waals surface area (Å²) >= 11 is 0. The van der Waals surface area contributed by atoms with E-state index in [-0.39, 0.29) is 6.29 Å². The van der Waals surface area contributed by atoms with Crippen LogP contribution in [0.2, 0.25) is 0 Å². The molecule has 0 radical (unpaired) electrons. The molecule has 2 aliphatic rings. The van der Waals surface area contributed by atoms with E-state index < -0.39 is 0 Å². The number of hydrogen-bond acceptors (Lipinski definition) is 3. The predicted octanol–water partition coefficient (Wildman–Crippen LogP) is 0.110. The third kappa shape index (κ3) is 1.05. The van der Waals surface area contributed by atoms with Gasteiger partial charge in [-0.25, -0.2) is 0 Å². The summed E-state index contributed by atoms with van der Waals surface area (Å²) in [5.74, 6) is 0. The molecule has 2 saturated heterocycles. The summed E-state index contributed by atoms with van der Waals surface area (Å²) < 4.78 is 11.0. The number of ether oxygens (including phenoxy) is 2. The fourth-order valence-electron chi connectivity index (χ4n) is 1.62. The molecular weight excluding hydrogens is 130 g/mol. The fraction of sp³-hybridized carbons (Fsp3) is 1.00. The van der Waals surface area contributed by atoms with E-state index in [1.165, 1.54) is 0 Å². The molecule has 2 fully saturated rings. The van der Waals surface area contributed by atoms with E-state index in [2.05, 4.69) is 5.32 Å². The first kappa shape index (κ1) is 6.58. The molecule has 0 amide bonds. The minimum Gasteiger partial charge on any atom is -0.347 e. The Bertz CT molecular complexity index is 115. The van der Waals surface area contributed by atoms with Crippen molar-refractivity contribution in [3.63, 3.8) is 0 Å². The van der Waals surface area contributed by atoms with Crippen LogP contribution in [0.15, 0.2) is 0 Å². The molecule has 2 rings (SSSR count). The highest BCUT2D eigenvalue weighted by Crippen LogP contribution is 2.22. The maximum absolute atomic E-state index is 5.50. The molecule has 3 unspecified atom stereocenters. The second-order valence-electron chi connectivity index (χ2n) is 2.91. The van der Waals surface area contributed by atoms with Crippen LogP contribution in [0.3, 0.4) is 0 Å². The molecule has 0 aliphatic carbocycles. The van der Waals surface area contributed by atoms with Crippen LogP contribution >= 0.6 is 0 Å². The summed E-state index contributed by atoms with van der Waals surface area (Å²) in [7, 11) is 0. The maximum Gasteiger partial charge on any atom is 0.155 e. The maximum atomic E-state index is 5.50. The third-order valence-electron chi connectivity index (χ3n) is 2.10. The van der Waals surface area contributed by atoms with Crippen LogP contribution in [0, 0.1) is 0 Å². The van der Waals surface area contributed by atoms with Crippen molar-refractivity contribution >= 4 is 0 Å². The molecule has 0 aromatic rings. The van der Waals surface area contributed by atoms with Crippen LogP contribution in [0.1, 0.15) is 13.3 Å². The Kier molecular flexibility index (Phi) is 1.64. The monoisotopic (exact) mass is 143 g/mol. The van der Waals surface area contributed by atoms with Gasteiger partial charge in [-0.15, -0.1) is 0 Å². The van der Waals surface area contributed by atoms with Crippen molar-refractivity contribution in [2.24, 2.45) is 0 Å². The van der Waals surface area contributed by atoms with E-state index in [4.69, 9.17) is 9.47 Å². The average molecular weight is 143 g/mol. The van der Waals surface area contributed by atoms with Crippen molar-refractivity contribution in [1.82, 2.24) is 5.32 Å². The van der Waals surface area contributed by atoms with E-state index >= 15 is 0 Å². The van der Waals surface area contributed by atoms with Gasteiger partial charge in [0, 0.05) is 6.54 Å². The summed E-state index contributed by atoms with van der Waals surface area (Å²) in [5.41, 5.74) is 0. The molecule has 0 bridgehead atoms. The molecule has 3 nitrogen and oxygen atoms in total. The van der Waals surface area contributed by atoms with Crippen molar-refractivity contribution in [2.45, 2.75) is 31.8 Å². The lowest BCUT2D eigenvalue weighted by atomic mass is 10.1. The Morgan fingerprint density at radius 3 is 2.90 bits per heavy atom. The number of hydrogen-bond donors (Lipinski definition) is 1. The first-order valence-corrected chi connectivity index (χ1v) is 3.88. The molecule has 0 saturated carbocycles. The lowest BCUT2D eigenvalue weighted by molar-refractivity contribution is -0.0486. The number of rotatable bonds is 0.